The second kappa shape index (κ2) is 7.90. The number of benzene rings is 2. The number of amides is 2. The van der Waals surface area contributed by atoms with Crippen molar-refractivity contribution in [3.63, 3.8) is 0 Å². The number of fused-ring (bicyclic) bond motifs is 1. The molecule has 1 fully saturated rings. The van der Waals surface area contributed by atoms with E-state index < -0.39 is 17.6 Å². The highest BCUT2D eigenvalue weighted by Crippen LogP contribution is 2.39. The molecule has 0 saturated carbocycles. The lowest BCUT2D eigenvalue weighted by molar-refractivity contribution is -0.122. The summed E-state index contributed by atoms with van der Waals surface area (Å²) in [4.78, 5) is 27.2. The summed E-state index contributed by atoms with van der Waals surface area (Å²) in [5, 5.41) is 2.85. The highest BCUT2D eigenvalue weighted by Gasteiger charge is 2.36. The monoisotopic (exact) mass is 420 g/mol. The average Bonchev–Trinajstić information content (AvgIpc) is 3.08. The van der Waals surface area contributed by atoms with Gasteiger partial charge in [0.15, 0.2) is 11.5 Å². The van der Waals surface area contributed by atoms with Crippen molar-refractivity contribution in [2.45, 2.75) is 11.3 Å². The van der Waals surface area contributed by atoms with Crippen molar-refractivity contribution in [1.29, 1.82) is 0 Å². The van der Waals surface area contributed by atoms with Gasteiger partial charge < -0.3 is 19.7 Å². The molecular weight excluding hydrogens is 402 g/mol. The maximum Gasteiger partial charge on any atom is 0.229 e. The second-order valence-corrected chi connectivity index (χ2v) is 7.57. The first-order valence-electron chi connectivity index (χ1n) is 8.99. The predicted molar refractivity (Wildman–Crippen MR) is 105 cm³/mol. The molecule has 0 spiro atoms. The fourth-order valence-corrected chi connectivity index (χ4v) is 3.95. The number of rotatable bonds is 4. The molecule has 0 radical (unpaired) electrons. The second-order valence-electron chi connectivity index (χ2n) is 6.72. The van der Waals surface area contributed by atoms with E-state index in [1.54, 1.807) is 12.1 Å². The number of carbonyl (C=O) groups excluding carboxylic acids is 2. The summed E-state index contributed by atoms with van der Waals surface area (Å²) in [6.07, 6.45) is 1.84. The van der Waals surface area contributed by atoms with Gasteiger partial charge in [0, 0.05) is 35.7 Å². The summed E-state index contributed by atoms with van der Waals surface area (Å²) in [5.41, 5.74) is 0.668. The smallest absolute Gasteiger partial charge is 0.229 e. The highest BCUT2D eigenvalue weighted by molar-refractivity contribution is 7.98. The van der Waals surface area contributed by atoms with E-state index in [-0.39, 0.29) is 30.5 Å². The van der Waals surface area contributed by atoms with E-state index in [0.717, 1.165) is 23.1 Å². The normalized spacial score (nSPS) is 18.1. The van der Waals surface area contributed by atoms with Gasteiger partial charge in [0.1, 0.15) is 24.8 Å². The first kappa shape index (κ1) is 19.5. The fourth-order valence-electron chi connectivity index (χ4n) is 3.40. The Bertz CT molecular complexity index is 965. The van der Waals surface area contributed by atoms with Crippen LogP contribution in [0.15, 0.2) is 35.2 Å². The number of thioether (sulfide) groups is 1. The Morgan fingerprint density at radius 3 is 2.41 bits per heavy atom. The van der Waals surface area contributed by atoms with Crippen LogP contribution in [0.4, 0.5) is 20.2 Å². The topological polar surface area (TPSA) is 67.9 Å². The lowest BCUT2D eigenvalue weighted by Gasteiger charge is -2.21. The van der Waals surface area contributed by atoms with Gasteiger partial charge in [-0.3, -0.25) is 9.59 Å². The predicted octanol–water partition coefficient (Wildman–Crippen LogP) is 3.45. The van der Waals surface area contributed by atoms with Crippen LogP contribution in [0.25, 0.3) is 0 Å². The zero-order valence-electron chi connectivity index (χ0n) is 15.5. The van der Waals surface area contributed by atoms with Crippen LogP contribution in [-0.4, -0.2) is 37.8 Å². The van der Waals surface area contributed by atoms with Crippen molar-refractivity contribution in [3.05, 3.63) is 42.0 Å². The highest BCUT2D eigenvalue weighted by atomic mass is 32.2. The van der Waals surface area contributed by atoms with E-state index in [9.17, 15) is 18.4 Å². The van der Waals surface area contributed by atoms with Gasteiger partial charge in [-0.15, -0.1) is 11.8 Å². The molecule has 2 aliphatic heterocycles. The van der Waals surface area contributed by atoms with E-state index in [0.29, 0.717) is 30.4 Å². The zero-order valence-corrected chi connectivity index (χ0v) is 16.4. The molecule has 0 bridgehead atoms. The SMILES string of the molecule is CSc1cc2c(cc1NC(=O)C1CC(=O)N(c3cc(F)cc(F)c3)C1)OCCO2. The Kier molecular flexibility index (Phi) is 5.31. The molecule has 1 N–H and O–H groups in total. The Hall–Kier alpha value is -2.81. The Morgan fingerprint density at radius 1 is 1.10 bits per heavy atom. The molecule has 2 aliphatic rings. The minimum absolute atomic E-state index is 0.0386. The van der Waals surface area contributed by atoms with E-state index in [1.807, 2.05) is 6.26 Å². The third-order valence-corrected chi connectivity index (χ3v) is 5.55. The van der Waals surface area contributed by atoms with Crippen LogP contribution in [0.5, 0.6) is 11.5 Å². The van der Waals surface area contributed by atoms with Crippen molar-refractivity contribution in [2.75, 3.05) is 36.2 Å². The molecule has 0 aromatic heterocycles. The number of nitrogens with one attached hydrogen (secondary N) is 1. The molecule has 2 amide bonds. The van der Waals surface area contributed by atoms with Gasteiger partial charge in [-0.2, -0.15) is 0 Å². The van der Waals surface area contributed by atoms with Crippen LogP contribution in [-0.2, 0) is 9.59 Å². The van der Waals surface area contributed by atoms with E-state index in [1.165, 1.54) is 16.7 Å². The van der Waals surface area contributed by atoms with Crippen LogP contribution in [0.2, 0.25) is 0 Å². The fraction of sp³-hybridized carbons (Fsp3) is 0.300. The summed E-state index contributed by atoms with van der Waals surface area (Å²) in [6, 6.07) is 6.40. The molecule has 1 atom stereocenters. The quantitative estimate of drug-likeness (QED) is 0.768. The van der Waals surface area contributed by atoms with Crippen LogP contribution >= 0.6 is 11.8 Å². The van der Waals surface area contributed by atoms with Crippen LogP contribution < -0.4 is 19.7 Å². The molecule has 1 unspecified atom stereocenters. The molecular formula is C20H18F2N2O4S. The first-order valence-corrected chi connectivity index (χ1v) is 10.2. The summed E-state index contributed by atoms with van der Waals surface area (Å²) in [5.74, 6) is -1.73. The van der Waals surface area contributed by atoms with Crippen molar-refractivity contribution in [2.24, 2.45) is 5.92 Å². The third-order valence-electron chi connectivity index (χ3n) is 4.78. The molecule has 4 rings (SSSR count). The average molecular weight is 420 g/mol. The minimum Gasteiger partial charge on any atom is -0.486 e. The first-order chi connectivity index (χ1) is 13.9. The summed E-state index contributed by atoms with van der Waals surface area (Å²) in [6.45, 7) is 0.940. The Morgan fingerprint density at radius 2 is 1.76 bits per heavy atom. The maximum atomic E-state index is 13.5. The van der Waals surface area contributed by atoms with Crippen LogP contribution in [0, 0.1) is 17.6 Å². The minimum atomic E-state index is -0.776. The van der Waals surface area contributed by atoms with E-state index in [4.69, 9.17) is 9.47 Å². The number of carbonyl (C=O) groups is 2. The maximum absolute atomic E-state index is 13.5. The van der Waals surface area contributed by atoms with Crippen molar-refractivity contribution in [3.8, 4) is 11.5 Å². The molecule has 1 saturated heterocycles. The van der Waals surface area contributed by atoms with Gasteiger partial charge in [0.2, 0.25) is 11.8 Å². The van der Waals surface area contributed by atoms with Gasteiger partial charge in [0.05, 0.1) is 11.6 Å². The molecule has 152 valence electrons. The molecule has 2 aromatic rings. The Labute approximate surface area is 170 Å². The van der Waals surface area contributed by atoms with Crippen LogP contribution in [0.1, 0.15) is 6.42 Å². The number of halogens is 2. The molecule has 2 aromatic carbocycles. The van der Waals surface area contributed by atoms with Gasteiger partial charge in [-0.05, 0) is 24.5 Å². The van der Waals surface area contributed by atoms with Gasteiger partial charge in [0.25, 0.3) is 0 Å². The van der Waals surface area contributed by atoms with E-state index >= 15 is 0 Å². The van der Waals surface area contributed by atoms with Crippen LogP contribution in [0.3, 0.4) is 0 Å². The third kappa shape index (κ3) is 4.00. The molecule has 2 heterocycles. The van der Waals surface area contributed by atoms with Crippen molar-refractivity contribution < 1.29 is 27.8 Å². The van der Waals surface area contributed by atoms with Gasteiger partial charge in [-0.25, -0.2) is 8.78 Å². The van der Waals surface area contributed by atoms with Crippen molar-refractivity contribution >= 4 is 35.0 Å². The number of anilines is 2. The number of hydrogen-bond acceptors (Lipinski definition) is 5. The summed E-state index contributed by atoms with van der Waals surface area (Å²) in [7, 11) is 0. The molecule has 29 heavy (non-hydrogen) atoms. The number of hydrogen-bond donors (Lipinski definition) is 1. The molecule has 6 nitrogen and oxygen atoms in total. The zero-order chi connectivity index (χ0) is 20.5. The number of nitrogens with zero attached hydrogens (tertiary/aromatic N) is 1. The Balaban J connectivity index is 1.51. The van der Waals surface area contributed by atoms with Gasteiger partial charge >= 0.3 is 0 Å². The summed E-state index contributed by atoms with van der Waals surface area (Å²) < 4.78 is 38.1. The molecule has 0 aliphatic carbocycles. The largest absolute Gasteiger partial charge is 0.486 e. The van der Waals surface area contributed by atoms with Gasteiger partial charge in [-0.1, -0.05) is 0 Å². The lowest BCUT2D eigenvalue weighted by Crippen LogP contribution is -2.28. The van der Waals surface area contributed by atoms with Crippen molar-refractivity contribution in [1.82, 2.24) is 0 Å². The summed E-state index contributed by atoms with van der Waals surface area (Å²) >= 11 is 1.44. The number of ether oxygens (including phenoxy) is 2. The lowest BCUT2D eigenvalue weighted by atomic mass is 10.1. The van der Waals surface area contributed by atoms with E-state index in [2.05, 4.69) is 5.32 Å². The molecule has 9 heteroatoms. The standard InChI is InChI=1S/C20H18F2N2O4S/c1-29-18-9-17-16(27-2-3-28-17)8-15(18)23-20(26)11-4-19(25)24(10-11)14-6-12(21)5-13(22)7-14/h5-9,11H,2-4,10H2,1H3,(H,23,26).